The van der Waals surface area contributed by atoms with Crippen LogP contribution >= 0.6 is 0 Å². The average Bonchev–Trinajstić information content (AvgIpc) is 2.26. The lowest BCUT2D eigenvalue weighted by Gasteiger charge is -2.24. The van der Waals surface area contributed by atoms with Crippen LogP contribution in [-0.2, 0) is 14.9 Å². The Morgan fingerprint density at radius 2 is 2.00 bits per heavy atom. The summed E-state index contributed by atoms with van der Waals surface area (Å²) in [5.74, 6) is 0.769. The molecule has 16 heavy (non-hydrogen) atoms. The van der Waals surface area contributed by atoms with Crippen LogP contribution in [0.3, 0.4) is 0 Å². The molecule has 5 heteroatoms. The molecule has 0 radical (unpaired) electrons. The molecule has 1 aromatic rings. The first-order chi connectivity index (χ1) is 7.58. The number of allylic oxidation sites excluding steroid dienone is 1. The smallest absolute Gasteiger partial charge is 0.245 e. The Balaban J connectivity index is 2.17. The highest BCUT2D eigenvalue weighted by atomic mass is 32.2. The van der Waals surface area contributed by atoms with Crippen molar-refractivity contribution in [2.75, 3.05) is 12.8 Å². The summed E-state index contributed by atoms with van der Waals surface area (Å²) in [5.41, 5.74) is 1.00. The zero-order valence-corrected chi connectivity index (χ0v) is 9.78. The molecule has 0 aliphatic carbocycles. The molecule has 4 nitrogen and oxygen atoms in total. The molecule has 1 fully saturated rings. The topological polar surface area (TPSA) is 46.6 Å². The maximum absolute atomic E-state index is 11.4. The van der Waals surface area contributed by atoms with Gasteiger partial charge in [-0.15, -0.1) is 0 Å². The molecule has 1 aliphatic rings. The molecule has 0 bridgehead atoms. The Labute approximate surface area is 95.1 Å². The van der Waals surface area contributed by atoms with Crippen LogP contribution in [-0.4, -0.2) is 25.7 Å². The standard InChI is InChI=1S/C11H13NO3S/c1-12-15-11(7-8-16(12,13)14)9-10-5-3-2-4-6-10/h2-6,9H,7-8H2,1H3. The van der Waals surface area contributed by atoms with Crippen LogP contribution in [0.15, 0.2) is 36.1 Å². The van der Waals surface area contributed by atoms with Gasteiger partial charge in [-0.05, 0) is 16.1 Å². The fraction of sp³-hybridized carbons (Fsp3) is 0.273. The first-order valence-corrected chi connectivity index (χ1v) is 6.59. The van der Waals surface area contributed by atoms with Crippen LogP contribution < -0.4 is 0 Å². The highest BCUT2D eigenvalue weighted by Gasteiger charge is 2.26. The van der Waals surface area contributed by atoms with Gasteiger partial charge in [0.25, 0.3) is 0 Å². The summed E-state index contributed by atoms with van der Waals surface area (Å²) in [6.07, 6.45) is 2.27. The van der Waals surface area contributed by atoms with Gasteiger partial charge < -0.3 is 4.84 Å². The molecule has 0 atom stereocenters. The lowest BCUT2D eigenvalue weighted by atomic mass is 10.2. The van der Waals surface area contributed by atoms with E-state index in [1.807, 2.05) is 36.4 Å². The van der Waals surface area contributed by atoms with Crippen molar-refractivity contribution in [1.82, 2.24) is 4.47 Å². The normalized spacial score (nSPS) is 22.9. The first kappa shape index (κ1) is 11.2. The van der Waals surface area contributed by atoms with Gasteiger partial charge in [0.15, 0.2) is 0 Å². The fourth-order valence-electron chi connectivity index (χ4n) is 1.46. The van der Waals surface area contributed by atoms with Crippen LogP contribution in [0.2, 0.25) is 0 Å². The molecule has 1 heterocycles. The van der Waals surface area contributed by atoms with Gasteiger partial charge >= 0.3 is 0 Å². The molecule has 0 N–H and O–H groups in total. The second kappa shape index (κ2) is 4.27. The van der Waals surface area contributed by atoms with Gasteiger partial charge in [0, 0.05) is 13.5 Å². The number of hydrogen-bond acceptors (Lipinski definition) is 3. The van der Waals surface area contributed by atoms with E-state index in [0.29, 0.717) is 12.2 Å². The van der Waals surface area contributed by atoms with Crippen LogP contribution in [0.25, 0.3) is 6.08 Å². The van der Waals surface area contributed by atoms with Crippen molar-refractivity contribution in [1.29, 1.82) is 0 Å². The van der Waals surface area contributed by atoms with Gasteiger partial charge in [0.1, 0.15) is 5.76 Å². The number of rotatable bonds is 1. The molecular weight excluding hydrogens is 226 g/mol. The number of benzene rings is 1. The van der Waals surface area contributed by atoms with E-state index in [1.165, 1.54) is 7.05 Å². The molecule has 86 valence electrons. The Bertz CT molecular complexity index is 493. The summed E-state index contributed by atoms with van der Waals surface area (Å²) in [4.78, 5) is 5.21. The van der Waals surface area contributed by atoms with Crippen molar-refractivity contribution in [3.8, 4) is 0 Å². The summed E-state index contributed by atoms with van der Waals surface area (Å²) < 4.78 is 23.6. The maximum Gasteiger partial charge on any atom is 0.245 e. The zero-order chi connectivity index (χ0) is 11.6. The van der Waals surface area contributed by atoms with E-state index in [9.17, 15) is 8.42 Å². The molecule has 2 rings (SSSR count). The summed E-state index contributed by atoms with van der Waals surface area (Å²) in [7, 11) is -1.81. The minimum absolute atomic E-state index is 0.0994. The van der Waals surface area contributed by atoms with Gasteiger partial charge in [-0.3, -0.25) is 0 Å². The van der Waals surface area contributed by atoms with Gasteiger partial charge in [0.2, 0.25) is 10.0 Å². The average molecular weight is 239 g/mol. The van der Waals surface area contributed by atoms with Crippen LogP contribution in [0.4, 0.5) is 0 Å². The van der Waals surface area contributed by atoms with E-state index in [1.54, 1.807) is 0 Å². The first-order valence-electron chi connectivity index (χ1n) is 4.98. The molecule has 1 aliphatic heterocycles. The lowest BCUT2D eigenvalue weighted by molar-refractivity contribution is -0.0225. The molecule has 0 saturated carbocycles. The molecule has 1 aromatic carbocycles. The summed E-state index contributed by atoms with van der Waals surface area (Å²) in [6.45, 7) is 0. The van der Waals surface area contributed by atoms with Crippen molar-refractivity contribution in [2.45, 2.75) is 6.42 Å². The highest BCUT2D eigenvalue weighted by molar-refractivity contribution is 7.88. The molecule has 0 aromatic heterocycles. The van der Waals surface area contributed by atoms with E-state index in [0.717, 1.165) is 10.0 Å². The van der Waals surface area contributed by atoms with Crippen LogP contribution in [0.5, 0.6) is 0 Å². The second-order valence-electron chi connectivity index (χ2n) is 3.59. The molecule has 0 unspecified atom stereocenters. The molecular formula is C11H13NO3S. The van der Waals surface area contributed by atoms with Crippen molar-refractivity contribution in [2.24, 2.45) is 0 Å². The van der Waals surface area contributed by atoms with Gasteiger partial charge in [0.05, 0.1) is 5.75 Å². The largest absolute Gasteiger partial charge is 0.396 e. The van der Waals surface area contributed by atoms with Gasteiger partial charge in [-0.1, -0.05) is 30.3 Å². The predicted octanol–water partition coefficient (Wildman–Crippen LogP) is 1.62. The monoisotopic (exact) mass is 239 g/mol. The molecule has 0 amide bonds. The Morgan fingerprint density at radius 1 is 1.31 bits per heavy atom. The van der Waals surface area contributed by atoms with Crippen LogP contribution in [0, 0.1) is 0 Å². The Kier molecular flexibility index (Phi) is 2.98. The third-order valence-corrected chi connectivity index (χ3v) is 3.95. The van der Waals surface area contributed by atoms with E-state index < -0.39 is 10.0 Å². The number of sulfonamides is 1. The number of hydrogen-bond donors (Lipinski definition) is 0. The third kappa shape index (κ3) is 2.43. The number of hydroxylamine groups is 1. The zero-order valence-electron chi connectivity index (χ0n) is 8.96. The summed E-state index contributed by atoms with van der Waals surface area (Å²) >= 11 is 0. The van der Waals surface area contributed by atoms with Crippen LogP contribution in [0.1, 0.15) is 12.0 Å². The van der Waals surface area contributed by atoms with Gasteiger partial charge in [-0.2, -0.15) is 0 Å². The van der Waals surface area contributed by atoms with Crippen molar-refractivity contribution in [3.05, 3.63) is 41.7 Å². The number of nitrogens with zero attached hydrogens (tertiary/aromatic N) is 1. The summed E-state index contributed by atoms with van der Waals surface area (Å²) in [6, 6.07) is 9.67. The van der Waals surface area contributed by atoms with E-state index in [2.05, 4.69) is 0 Å². The summed E-state index contributed by atoms with van der Waals surface area (Å²) in [5, 5.41) is 0. The predicted molar refractivity (Wildman–Crippen MR) is 61.7 cm³/mol. The maximum atomic E-state index is 11.4. The van der Waals surface area contributed by atoms with E-state index in [4.69, 9.17) is 4.84 Å². The fourth-order valence-corrected chi connectivity index (χ4v) is 2.38. The quantitative estimate of drug-likeness (QED) is 0.748. The lowest BCUT2D eigenvalue weighted by Crippen LogP contribution is -2.33. The third-order valence-electron chi connectivity index (χ3n) is 2.37. The minimum Gasteiger partial charge on any atom is -0.396 e. The Morgan fingerprint density at radius 3 is 2.62 bits per heavy atom. The van der Waals surface area contributed by atoms with Crippen molar-refractivity contribution >= 4 is 16.1 Å². The van der Waals surface area contributed by atoms with Crippen molar-refractivity contribution in [3.63, 3.8) is 0 Å². The van der Waals surface area contributed by atoms with E-state index >= 15 is 0 Å². The van der Waals surface area contributed by atoms with E-state index in [-0.39, 0.29) is 5.75 Å². The molecule has 1 saturated heterocycles. The van der Waals surface area contributed by atoms with Crippen molar-refractivity contribution < 1.29 is 13.3 Å². The SMILES string of the molecule is CN1OC(=Cc2ccccc2)CCS1(=O)=O. The van der Waals surface area contributed by atoms with Gasteiger partial charge in [-0.25, -0.2) is 8.42 Å². The second-order valence-corrected chi connectivity index (χ2v) is 5.67. The molecule has 0 spiro atoms. The minimum atomic E-state index is -3.22. The Hall–Kier alpha value is -1.33. The highest BCUT2D eigenvalue weighted by Crippen LogP contribution is 2.20.